The van der Waals surface area contributed by atoms with Crippen molar-refractivity contribution in [2.45, 2.75) is 37.8 Å². The maximum absolute atomic E-state index is 12.5. The standard InChI is InChI=1S/C20H25N3O3S/c1-15(23-12-11-17-5-3-4-6-18(17)14-23)13-21-27(25,26)20-9-7-19(8-10-20)22-16(2)24/h3-10,15,21H,11-14H2,1-2H3,(H,22,24). The van der Waals surface area contributed by atoms with Crippen molar-refractivity contribution in [1.29, 1.82) is 0 Å². The molecule has 0 saturated carbocycles. The molecule has 1 unspecified atom stereocenters. The molecule has 7 heteroatoms. The first kappa shape index (κ1) is 19.5. The van der Waals surface area contributed by atoms with Gasteiger partial charge in [-0.3, -0.25) is 9.69 Å². The summed E-state index contributed by atoms with van der Waals surface area (Å²) in [6.07, 6.45) is 0.984. The third-order valence-electron chi connectivity index (χ3n) is 4.84. The number of amides is 1. The minimum absolute atomic E-state index is 0.0896. The predicted molar refractivity (Wildman–Crippen MR) is 106 cm³/mol. The average molecular weight is 388 g/mol. The lowest BCUT2D eigenvalue weighted by atomic mass is 9.99. The van der Waals surface area contributed by atoms with Gasteiger partial charge in [0.1, 0.15) is 0 Å². The Balaban J connectivity index is 1.59. The smallest absolute Gasteiger partial charge is 0.240 e. The number of nitrogens with one attached hydrogen (secondary N) is 2. The fourth-order valence-electron chi connectivity index (χ4n) is 3.26. The van der Waals surface area contributed by atoms with Crippen molar-refractivity contribution >= 4 is 21.6 Å². The number of fused-ring (bicyclic) bond motifs is 1. The van der Waals surface area contributed by atoms with Crippen molar-refractivity contribution in [3.05, 3.63) is 59.7 Å². The Bertz CT molecular complexity index is 910. The number of hydrogen-bond donors (Lipinski definition) is 2. The molecular formula is C20H25N3O3S. The molecule has 6 nitrogen and oxygen atoms in total. The molecule has 0 aliphatic carbocycles. The maximum Gasteiger partial charge on any atom is 0.240 e. The van der Waals surface area contributed by atoms with Gasteiger partial charge in [-0.05, 0) is 48.7 Å². The van der Waals surface area contributed by atoms with E-state index >= 15 is 0 Å². The van der Waals surface area contributed by atoms with E-state index in [1.165, 1.54) is 30.2 Å². The van der Waals surface area contributed by atoms with Crippen LogP contribution in [-0.2, 0) is 27.8 Å². The van der Waals surface area contributed by atoms with Crippen LogP contribution in [0.4, 0.5) is 5.69 Å². The van der Waals surface area contributed by atoms with E-state index in [1.54, 1.807) is 12.1 Å². The Hall–Kier alpha value is -2.22. The highest BCUT2D eigenvalue weighted by molar-refractivity contribution is 7.89. The normalized spacial score (nSPS) is 15.8. The average Bonchev–Trinajstić information content (AvgIpc) is 2.66. The van der Waals surface area contributed by atoms with Crippen LogP contribution in [-0.4, -0.2) is 38.4 Å². The van der Waals surface area contributed by atoms with E-state index in [2.05, 4.69) is 33.1 Å². The number of carbonyl (C=O) groups excluding carboxylic acids is 1. The molecule has 0 spiro atoms. The molecule has 3 rings (SSSR count). The number of benzene rings is 2. The van der Waals surface area contributed by atoms with Gasteiger partial charge in [-0.25, -0.2) is 13.1 Å². The predicted octanol–water partition coefficient (Wildman–Crippen LogP) is 2.37. The van der Waals surface area contributed by atoms with Crippen LogP contribution in [0.3, 0.4) is 0 Å². The third kappa shape index (κ3) is 4.94. The summed E-state index contributed by atoms with van der Waals surface area (Å²) in [5, 5.41) is 2.62. The van der Waals surface area contributed by atoms with Crippen molar-refractivity contribution < 1.29 is 13.2 Å². The zero-order valence-corrected chi connectivity index (χ0v) is 16.4. The summed E-state index contributed by atoms with van der Waals surface area (Å²) in [5.74, 6) is -0.194. The molecular weight excluding hydrogens is 362 g/mol. The summed E-state index contributed by atoms with van der Waals surface area (Å²) in [6, 6.07) is 14.6. The van der Waals surface area contributed by atoms with Crippen LogP contribution in [0.15, 0.2) is 53.4 Å². The number of anilines is 1. The first-order valence-corrected chi connectivity index (χ1v) is 10.5. The molecule has 0 radical (unpaired) electrons. The topological polar surface area (TPSA) is 78.5 Å². The van der Waals surface area contributed by atoms with Crippen LogP contribution >= 0.6 is 0 Å². The van der Waals surface area contributed by atoms with Gasteiger partial charge in [0, 0.05) is 38.3 Å². The van der Waals surface area contributed by atoms with Crippen LogP contribution in [0.1, 0.15) is 25.0 Å². The van der Waals surface area contributed by atoms with Crippen molar-refractivity contribution in [3.63, 3.8) is 0 Å². The van der Waals surface area contributed by atoms with Gasteiger partial charge in [0.15, 0.2) is 0 Å². The summed E-state index contributed by atoms with van der Waals surface area (Å²) in [6.45, 7) is 5.55. The van der Waals surface area contributed by atoms with Gasteiger partial charge in [0.05, 0.1) is 4.90 Å². The summed E-state index contributed by atoms with van der Waals surface area (Å²) in [7, 11) is -3.59. The van der Waals surface area contributed by atoms with E-state index in [0.717, 1.165) is 19.5 Å². The Morgan fingerprint density at radius 3 is 2.44 bits per heavy atom. The molecule has 2 aromatic carbocycles. The number of carbonyl (C=O) groups is 1. The van der Waals surface area contributed by atoms with Crippen molar-refractivity contribution in [2.75, 3.05) is 18.4 Å². The van der Waals surface area contributed by atoms with E-state index in [0.29, 0.717) is 12.2 Å². The highest BCUT2D eigenvalue weighted by Crippen LogP contribution is 2.20. The molecule has 1 heterocycles. The summed E-state index contributed by atoms with van der Waals surface area (Å²) < 4.78 is 27.8. The van der Waals surface area contributed by atoms with Crippen molar-refractivity contribution in [3.8, 4) is 0 Å². The monoisotopic (exact) mass is 387 g/mol. The zero-order valence-electron chi connectivity index (χ0n) is 15.6. The lowest BCUT2D eigenvalue weighted by molar-refractivity contribution is -0.114. The van der Waals surface area contributed by atoms with Gasteiger partial charge >= 0.3 is 0 Å². The molecule has 144 valence electrons. The molecule has 0 bridgehead atoms. The third-order valence-corrected chi connectivity index (χ3v) is 6.28. The molecule has 1 aliphatic heterocycles. The maximum atomic E-state index is 12.5. The van der Waals surface area contributed by atoms with E-state index in [4.69, 9.17) is 0 Å². The Labute approximate surface area is 160 Å². The molecule has 0 saturated heterocycles. The van der Waals surface area contributed by atoms with Crippen LogP contribution in [0.25, 0.3) is 0 Å². The summed E-state index contributed by atoms with van der Waals surface area (Å²) >= 11 is 0. The van der Waals surface area contributed by atoms with Crippen molar-refractivity contribution in [1.82, 2.24) is 9.62 Å². The van der Waals surface area contributed by atoms with Crippen molar-refractivity contribution in [2.24, 2.45) is 0 Å². The second kappa shape index (κ2) is 8.21. The van der Waals surface area contributed by atoms with Gasteiger partial charge in [-0.1, -0.05) is 24.3 Å². The van der Waals surface area contributed by atoms with Gasteiger partial charge in [-0.15, -0.1) is 0 Å². The Morgan fingerprint density at radius 2 is 1.78 bits per heavy atom. The molecule has 1 amide bonds. The van der Waals surface area contributed by atoms with Crippen LogP contribution < -0.4 is 10.0 Å². The highest BCUT2D eigenvalue weighted by Gasteiger charge is 2.22. The first-order chi connectivity index (χ1) is 12.8. The molecule has 27 heavy (non-hydrogen) atoms. The number of hydrogen-bond acceptors (Lipinski definition) is 4. The fourth-order valence-corrected chi connectivity index (χ4v) is 4.38. The second-order valence-electron chi connectivity index (χ2n) is 6.90. The highest BCUT2D eigenvalue weighted by atomic mass is 32.2. The first-order valence-electron chi connectivity index (χ1n) is 9.03. The van der Waals surface area contributed by atoms with E-state index in [9.17, 15) is 13.2 Å². The Morgan fingerprint density at radius 1 is 1.11 bits per heavy atom. The minimum atomic E-state index is -3.59. The van der Waals surface area contributed by atoms with Gasteiger partial charge < -0.3 is 5.32 Å². The van der Waals surface area contributed by atoms with E-state index in [-0.39, 0.29) is 16.8 Å². The van der Waals surface area contributed by atoms with E-state index < -0.39 is 10.0 Å². The van der Waals surface area contributed by atoms with Gasteiger partial charge in [-0.2, -0.15) is 0 Å². The molecule has 0 aromatic heterocycles. The second-order valence-corrected chi connectivity index (χ2v) is 8.66. The Kier molecular flexibility index (Phi) is 5.94. The van der Waals surface area contributed by atoms with Crippen LogP contribution in [0.5, 0.6) is 0 Å². The summed E-state index contributed by atoms with van der Waals surface area (Å²) in [4.78, 5) is 13.5. The van der Waals surface area contributed by atoms with Gasteiger partial charge in [0.25, 0.3) is 0 Å². The lowest BCUT2D eigenvalue weighted by Crippen LogP contribution is -2.44. The molecule has 2 aromatic rings. The quantitative estimate of drug-likeness (QED) is 0.798. The van der Waals surface area contributed by atoms with E-state index in [1.807, 2.05) is 13.0 Å². The fraction of sp³-hybridized carbons (Fsp3) is 0.350. The minimum Gasteiger partial charge on any atom is -0.326 e. The van der Waals surface area contributed by atoms with Crippen LogP contribution in [0, 0.1) is 0 Å². The number of rotatable bonds is 6. The number of sulfonamides is 1. The summed E-state index contributed by atoms with van der Waals surface area (Å²) in [5.41, 5.74) is 3.26. The van der Waals surface area contributed by atoms with Crippen LogP contribution in [0.2, 0.25) is 0 Å². The lowest BCUT2D eigenvalue weighted by Gasteiger charge is -2.33. The number of nitrogens with zero attached hydrogens (tertiary/aromatic N) is 1. The molecule has 1 atom stereocenters. The molecule has 0 fully saturated rings. The van der Waals surface area contributed by atoms with Gasteiger partial charge in [0.2, 0.25) is 15.9 Å². The largest absolute Gasteiger partial charge is 0.326 e. The molecule has 2 N–H and O–H groups in total. The SMILES string of the molecule is CC(=O)Nc1ccc(S(=O)(=O)NCC(C)N2CCc3ccccc3C2)cc1. The molecule has 1 aliphatic rings. The zero-order chi connectivity index (χ0) is 19.4.